The Labute approximate surface area is 248 Å². The summed E-state index contributed by atoms with van der Waals surface area (Å²) in [5.41, 5.74) is 3.34. The average Bonchev–Trinajstić information content (AvgIpc) is 3.26. The summed E-state index contributed by atoms with van der Waals surface area (Å²) in [4.78, 5) is 24.0. The van der Waals surface area contributed by atoms with Crippen molar-refractivity contribution in [3.05, 3.63) is 82.4 Å². The smallest absolute Gasteiger partial charge is 0.550 e. The van der Waals surface area contributed by atoms with E-state index in [2.05, 4.69) is 10.4 Å². The number of carbonyl (C=O) groups excluding carboxylic acids is 2. The monoisotopic (exact) mass is 544 g/mol. The molecule has 0 aliphatic rings. The van der Waals surface area contributed by atoms with Gasteiger partial charge in [0, 0.05) is 30.2 Å². The molecule has 39 heavy (non-hydrogen) atoms. The van der Waals surface area contributed by atoms with Gasteiger partial charge in [-0.25, -0.2) is 9.07 Å². The maximum atomic E-state index is 13.6. The van der Waals surface area contributed by atoms with Gasteiger partial charge < -0.3 is 25.4 Å². The van der Waals surface area contributed by atoms with Crippen LogP contribution in [0.2, 0.25) is 0 Å². The molecule has 2 atom stereocenters. The predicted octanol–water partition coefficient (Wildman–Crippen LogP) is -0.875. The molecule has 1 aromatic heterocycles. The maximum Gasteiger partial charge on any atom is 1.00 e. The van der Waals surface area contributed by atoms with Crippen LogP contribution in [0.15, 0.2) is 48.5 Å². The minimum Gasteiger partial charge on any atom is -0.550 e. The second-order valence-corrected chi connectivity index (χ2v) is 9.40. The van der Waals surface area contributed by atoms with Crippen LogP contribution < -0.4 is 40.0 Å². The van der Waals surface area contributed by atoms with E-state index in [0.717, 1.165) is 5.56 Å². The van der Waals surface area contributed by atoms with Gasteiger partial charge in [0.25, 0.3) is 5.91 Å². The summed E-state index contributed by atoms with van der Waals surface area (Å²) < 4.78 is 15.2. The average molecular weight is 545 g/mol. The third-order valence-electron chi connectivity index (χ3n) is 6.08. The van der Waals surface area contributed by atoms with Gasteiger partial charge in [-0.2, -0.15) is 10.4 Å². The van der Waals surface area contributed by atoms with Crippen molar-refractivity contribution < 1.29 is 58.9 Å². The summed E-state index contributed by atoms with van der Waals surface area (Å²) in [7, 11) is 0. The Hall–Kier alpha value is -3.07. The van der Waals surface area contributed by atoms with Crippen molar-refractivity contribution in [2.75, 3.05) is 0 Å². The third kappa shape index (κ3) is 8.98. The minimum atomic E-state index is -1.40. The molecule has 200 valence electrons. The van der Waals surface area contributed by atoms with E-state index in [0.29, 0.717) is 22.5 Å². The molecule has 0 aliphatic heterocycles. The van der Waals surface area contributed by atoms with Gasteiger partial charge in [0.05, 0.1) is 29.5 Å². The van der Waals surface area contributed by atoms with Crippen molar-refractivity contribution in [3.8, 4) is 11.8 Å². The van der Waals surface area contributed by atoms with Crippen molar-refractivity contribution in [2.24, 2.45) is 0 Å². The minimum absolute atomic E-state index is 0. The van der Waals surface area contributed by atoms with E-state index < -0.39 is 36.3 Å². The Morgan fingerprint density at radius 3 is 2.31 bits per heavy atom. The molecule has 0 saturated carbocycles. The van der Waals surface area contributed by atoms with Crippen molar-refractivity contribution in [3.63, 3.8) is 0 Å². The number of aliphatic carboxylic acids is 1. The Balaban J connectivity index is 0.00000533. The number of hydrogen-bond donors (Lipinski definition) is 3. The van der Waals surface area contributed by atoms with E-state index >= 15 is 0 Å². The Morgan fingerprint density at radius 1 is 1.10 bits per heavy atom. The van der Waals surface area contributed by atoms with Crippen LogP contribution in [0.25, 0.3) is 5.69 Å². The van der Waals surface area contributed by atoms with E-state index in [1.165, 1.54) is 24.3 Å². The van der Waals surface area contributed by atoms with Crippen molar-refractivity contribution in [2.45, 2.75) is 64.2 Å². The van der Waals surface area contributed by atoms with Crippen molar-refractivity contribution >= 4 is 11.9 Å². The van der Waals surface area contributed by atoms with Crippen molar-refractivity contribution in [1.29, 1.82) is 5.26 Å². The molecule has 0 saturated heterocycles. The molecular weight excluding hydrogens is 514 g/mol. The van der Waals surface area contributed by atoms with Crippen LogP contribution in [0.4, 0.5) is 4.39 Å². The first-order valence-electron chi connectivity index (χ1n) is 12.3. The standard InChI is InChI=1S/C28H31FN4O5.Na/c1-17(2)26-24(12-11-22(34)13-23(35)14-25(36)37)33(21-9-7-20(29)8-10-21)32-27(26)28(38)31-16-19-5-3-18(15-30)4-6-19;/h3-10,17,22-23,34-35H,11-14,16H2,1-2H3,(H,31,38)(H,36,37);/q;+1/p-1/t22-,23-;/m1./s1. The van der Waals surface area contributed by atoms with Crippen molar-refractivity contribution in [1.82, 2.24) is 15.1 Å². The number of amides is 1. The van der Waals surface area contributed by atoms with Gasteiger partial charge in [0.15, 0.2) is 5.69 Å². The number of rotatable bonds is 12. The second kappa shape index (κ2) is 14.9. The Bertz CT molecular complexity index is 1300. The zero-order chi connectivity index (χ0) is 27.8. The molecule has 1 amide bonds. The van der Waals surface area contributed by atoms with Gasteiger partial charge in [-0.3, -0.25) is 4.79 Å². The number of nitriles is 1. The summed E-state index contributed by atoms with van der Waals surface area (Å²) in [6, 6.07) is 14.5. The first kappa shape index (κ1) is 32.1. The molecule has 3 N–H and O–H groups in total. The van der Waals surface area contributed by atoms with Crippen LogP contribution in [0, 0.1) is 17.1 Å². The van der Waals surface area contributed by atoms with Gasteiger partial charge in [-0.05, 0) is 67.1 Å². The number of aliphatic hydroxyl groups is 2. The summed E-state index contributed by atoms with van der Waals surface area (Å²) in [5, 5.41) is 47.4. The van der Waals surface area contributed by atoms with E-state index in [-0.39, 0.29) is 67.0 Å². The van der Waals surface area contributed by atoms with Crippen LogP contribution in [-0.2, 0) is 17.8 Å². The predicted molar refractivity (Wildman–Crippen MR) is 135 cm³/mol. The molecular formula is C28H30FN4NaO5. The van der Waals surface area contributed by atoms with Crippen LogP contribution in [0.1, 0.15) is 71.9 Å². The molecule has 3 rings (SSSR count). The number of nitrogens with zero attached hydrogens (tertiary/aromatic N) is 3. The molecule has 0 spiro atoms. The number of hydrogen-bond acceptors (Lipinski definition) is 7. The van der Waals surface area contributed by atoms with Crippen LogP contribution in [0.5, 0.6) is 0 Å². The van der Waals surface area contributed by atoms with Crippen LogP contribution in [-0.4, -0.2) is 44.1 Å². The molecule has 1 heterocycles. The SMILES string of the molecule is CC(C)c1c(C(=O)NCc2ccc(C#N)cc2)nn(-c2ccc(F)cc2)c1CC[C@@H](O)C[C@@H](O)CC(=O)[O-].[Na+]. The topological polar surface area (TPSA) is 151 Å². The molecule has 0 bridgehead atoms. The molecule has 11 heteroatoms. The number of benzene rings is 2. The van der Waals surface area contributed by atoms with Crippen LogP contribution in [0.3, 0.4) is 0 Å². The van der Waals surface area contributed by atoms with Gasteiger partial charge >= 0.3 is 29.6 Å². The number of carbonyl (C=O) groups is 2. The van der Waals surface area contributed by atoms with E-state index in [4.69, 9.17) is 5.26 Å². The normalized spacial score (nSPS) is 12.3. The number of carboxylic acid groups (broad SMARTS) is 1. The number of halogens is 1. The molecule has 0 fully saturated rings. The van der Waals surface area contributed by atoms with E-state index in [1.54, 1.807) is 28.9 Å². The Morgan fingerprint density at radius 2 is 1.74 bits per heavy atom. The molecule has 0 radical (unpaired) electrons. The summed E-state index contributed by atoms with van der Waals surface area (Å²) >= 11 is 0. The number of nitrogens with one attached hydrogen (secondary N) is 1. The van der Waals surface area contributed by atoms with E-state index in [9.17, 15) is 29.3 Å². The quantitative estimate of drug-likeness (QED) is 0.251. The molecule has 0 aliphatic carbocycles. The summed E-state index contributed by atoms with van der Waals surface area (Å²) in [6.07, 6.45) is -2.54. The van der Waals surface area contributed by atoms with Gasteiger partial charge in [-0.15, -0.1) is 0 Å². The fourth-order valence-corrected chi connectivity index (χ4v) is 4.25. The van der Waals surface area contributed by atoms with Gasteiger partial charge in [-0.1, -0.05) is 26.0 Å². The maximum absolute atomic E-state index is 13.6. The number of carboxylic acids is 1. The summed E-state index contributed by atoms with van der Waals surface area (Å²) in [6.45, 7) is 4.04. The Kier molecular flexibility index (Phi) is 12.3. The number of aromatic nitrogens is 2. The molecule has 3 aromatic rings. The fraction of sp³-hybridized carbons (Fsp3) is 0.357. The van der Waals surface area contributed by atoms with Gasteiger partial charge in [0.1, 0.15) is 5.82 Å². The first-order chi connectivity index (χ1) is 18.1. The molecule has 2 aromatic carbocycles. The zero-order valence-corrected chi connectivity index (χ0v) is 24.2. The molecule has 9 nitrogen and oxygen atoms in total. The summed E-state index contributed by atoms with van der Waals surface area (Å²) in [5.74, 6) is -2.37. The zero-order valence-electron chi connectivity index (χ0n) is 22.2. The third-order valence-corrected chi connectivity index (χ3v) is 6.08. The van der Waals surface area contributed by atoms with Gasteiger partial charge in [0.2, 0.25) is 0 Å². The first-order valence-corrected chi connectivity index (χ1v) is 12.3. The largest absolute Gasteiger partial charge is 1.00 e. The number of aliphatic hydroxyl groups excluding tert-OH is 2. The van der Waals surface area contributed by atoms with Crippen LogP contribution >= 0.6 is 0 Å². The van der Waals surface area contributed by atoms with E-state index in [1.807, 2.05) is 19.9 Å². The molecule has 0 unspecified atom stereocenters. The second-order valence-electron chi connectivity index (χ2n) is 9.40. The fourth-order valence-electron chi connectivity index (χ4n) is 4.25.